The third-order valence-corrected chi connectivity index (χ3v) is 0.873. The highest BCUT2D eigenvalue weighted by Crippen LogP contribution is 2.06. The lowest BCUT2D eigenvalue weighted by Gasteiger charge is -2.04. The van der Waals surface area contributed by atoms with Gasteiger partial charge in [-0.05, 0) is 12.1 Å². The number of rotatable bonds is 2. The molecular formula is C6H5O3-. The lowest BCUT2D eigenvalue weighted by atomic mass is 10.3. The molecule has 1 rings (SSSR count). The van der Waals surface area contributed by atoms with Crippen LogP contribution in [0.1, 0.15) is 0 Å². The maximum atomic E-state index is 9.38. The summed E-state index contributed by atoms with van der Waals surface area (Å²) in [5, 5.41) is 12.6. The zero-order chi connectivity index (χ0) is 6.53. The van der Waals surface area contributed by atoms with Gasteiger partial charge in [0.15, 0.2) is 5.75 Å². The number of para-hydroxylation sites is 1. The first-order valence-electron chi connectivity index (χ1n) is 2.45. The molecule has 3 nitrogen and oxygen atoms in total. The van der Waals surface area contributed by atoms with E-state index >= 15 is 0 Å². The predicted molar refractivity (Wildman–Crippen MR) is 28.2 cm³/mol. The Balaban J connectivity index is 2.61. The van der Waals surface area contributed by atoms with Crippen molar-refractivity contribution in [1.29, 1.82) is 0 Å². The molecule has 3 heteroatoms. The van der Waals surface area contributed by atoms with Crippen LogP contribution in [-0.4, -0.2) is 0 Å². The van der Waals surface area contributed by atoms with E-state index in [2.05, 4.69) is 9.93 Å². The first-order chi connectivity index (χ1) is 4.43. The van der Waals surface area contributed by atoms with Crippen molar-refractivity contribution in [2.45, 2.75) is 0 Å². The van der Waals surface area contributed by atoms with Crippen LogP contribution >= 0.6 is 0 Å². The van der Waals surface area contributed by atoms with Crippen molar-refractivity contribution < 1.29 is 15.2 Å². The Kier molecular flexibility index (Phi) is 2.06. The van der Waals surface area contributed by atoms with Gasteiger partial charge < -0.3 is 10.1 Å². The Labute approximate surface area is 52.3 Å². The fourth-order valence-electron chi connectivity index (χ4n) is 0.515. The molecule has 0 aliphatic carbocycles. The lowest BCUT2D eigenvalue weighted by molar-refractivity contribution is -0.778. The van der Waals surface area contributed by atoms with Crippen molar-refractivity contribution in [3.05, 3.63) is 30.3 Å². The summed E-state index contributed by atoms with van der Waals surface area (Å²) < 4.78 is 0. The molecule has 0 bridgehead atoms. The summed E-state index contributed by atoms with van der Waals surface area (Å²) in [5.41, 5.74) is 0. The van der Waals surface area contributed by atoms with Crippen LogP contribution in [0.2, 0.25) is 0 Å². The van der Waals surface area contributed by atoms with Crippen molar-refractivity contribution in [3.8, 4) is 5.75 Å². The Bertz CT molecular complexity index is 161. The number of benzene rings is 1. The quantitative estimate of drug-likeness (QED) is 0.421. The second kappa shape index (κ2) is 3.06. The van der Waals surface area contributed by atoms with Gasteiger partial charge in [-0.25, -0.2) is 5.04 Å². The molecule has 1 aromatic carbocycles. The molecule has 0 heterocycles. The first kappa shape index (κ1) is 6.07. The molecule has 0 unspecified atom stereocenters. The first-order valence-corrected chi connectivity index (χ1v) is 2.45. The number of hydrogen-bond acceptors (Lipinski definition) is 3. The van der Waals surface area contributed by atoms with Crippen molar-refractivity contribution in [1.82, 2.24) is 0 Å². The Morgan fingerprint density at radius 1 is 1.11 bits per heavy atom. The van der Waals surface area contributed by atoms with Crippen molar-refractivity contribution in [2.75, 3.05) is 0 Å². The number of hydrogen-bond donors (Lipinski definition) is 0. The molecule has 0 spiro atoms. The van der Waals surface area contributed by atoms with Crippen LogP contribution in [0, 0.1) is 0 Å². The molecule has 0 saturated carbocycles. The minimum atomic E-state index is 0.410. The van der Waals surface area contributed by atoms with Crippen molar-refractivity contribution >= 4 is 0 Å². The predicted octanol–water partition coefficient (Wildman–Crippen LogP) is 0.272. The van der Waals surface area contributed by atoms with Gasteiger partial charge in [0, 0.05) is 0 Å². The summed E-state index contributed by atoms with van der Waals surface area (Å²) in [5.74, 6) is 0.410. The maximum absolute atomic E-state index is 9.38. The van der Waals surface area contributed by atoms with Crippen LogP contribution in [0.4, 0.5) is 0 Å². The van der Waals surface area contributed by atoms with Gasteiger partial charge in [0.2, 0.25) is 0 Å². The van der Waals surface area contributed by atoms with E-state index in [1.54, 1.807) is 24.3 Å². The van der Waals surface area contributed by atoms with Crippen LogP contribution in [0.3, 0.4) is 0 Å². The van der Waals surface area contributed by atoms with Gasteiger partial charge in [0.1, 0.15) is 0 Å². The van der Waals surface area contributed by atoms with Crippen LogP contribution in [0.5, 0.6) is 5.75 Å². The minimum absolute atomic E-state index is 0.410. The Morgan fingerprint density at radius 2 is 1.78 bits per heavy atom. The zero-order valence-corrected chi connectivity index (χ0v) is 4.61. The third kappa shape index (κ3) is 1.71. The van der Waals surface area contributed by atoms with Gasteiger partial charge in [-0.2, -0.15) is 0 Å². The van der Waals surface area contributed by atoms with E-state index in [0.717, 1.165) is 0 Å². The van der Waals surface area contributed by atoms with Gasteiger partial charge in [-0.1, -0.05) is 18.2 Å². The van der Waals surface area contributed by atoms with E-state index in [1.165, 1.54) is 0 Å². The van der Waals surface area contributed by atoms with Crippen LogP contribution in [-0.2, 0) is 5.04 Å². The second-order valence-electron chi connectivity index (χ2n) is 1.46. The van der Waals surface area contributed by atoms with Gasteiger partial charge in [0.25, 0.3) is 0 Å². The maximum Gasteiger partial charge on any atom is 0.164 e. The topological polar surface area (TPSA) is 41.5 Å². The molecular weight excluding hydrogens is 120 g/mol. The van der Waals surface area contributed by atoms with E-state index in [9.17, 15) is 5.26 Å². The van der Waals surface area contributed by atoms with Gasteiger partial charge in [-0.3, -0.25) is 0 Å². The van der Waals surface area contributed by atoms with Gasteiger partial charge >= 0.3 is 0 Å². The summed E-state index contributed by atoms with van der Waals surface area (Å²) in [7, 11) is 0. The normalized spacial score (nSPS) is 9.00. The molecule has 9 heavy (non-hydrogen) atoms. The molecule has 0 saturated heterocycles. The molecule has 0 aromatic heterocycles. The highest BCUT2D eigenvalue weighted by atomic mass is 17.5. The molecule has 0 fully saturated rings. The van der Waals surface area contributed by atoms with Crippen molar-refractivity contribution in [3.63, 3.8) is 0 Å². The minimum Gasteiger partial charge on any atom is -0.682 e. The summed E-state index contributed by atoms with van der Waals surface area (Å²) in [6.07, 6.45) is 0. The molecule has 0 atom stereocenters. The summed E-state index contributed by atoms with van der Waals surface area (Å²) in [6, 6.07) is 8.55. The lowest BCUT2D eigenvalue weighted by Crippen LogP contribution is -2.08. The highest BCUT2D eigenvalue weighted by Gasteiger charge is 1.84. The van der Waals surface area contributed by atoms with Crippen LogP contribution in [0.15, 0.2) is 30.3 Å². The second-order valence-corrected chi connectivity index (χ2v) is 1.46. The molecule has 1 aromatic rings. The SMILES string of the molecule is [O-]OOc1ccccc1. The van der Waals surface area contributed by atoms with E-state index in [1.807, 2.05) is 6.07 Å². The van der Waals surface area contributed by atoms with Gasteiger partial charge in [0.05, 0.1) is 0 Å². The van der Waals surface area contributed by atoms with E-state index < -0.39 is 0 Å². The van der Waals surface area contributed by atoms with E-state index in [4.69, 9.17) is 0 Å². The van der Waals surface area contributed by atoms with E-state index in [0.29, 0.717) is 5.75 Å². The average Bonchev–Trinajstić information content (AvgIpc) is 1.91. The molecule has 0 aliphatic heterocycles. The summed E-state index contributed by atoms with van der Waals surface area (Å²) >= 11 is 0. The smallest absolute Gasteiger partial charge is 0.164 e. The average molecular weight is 125 g/mol. The Hall–Kier alpha value is -1.06. The molecule has 0 radical (unpaired) electrons. The molecule has 0 amide bonds. The fraction of sp³-hybridized carbons (Fsp3) is 0. The van der Waals surface area contributed by atoms with E-state index in [-0.39, 0.29) is 0 Å². The molecule has 0 aliphatic rings. The van der Waals surface area contributed by atoms with Crippen molar-refractivity contribution in [2.24, 2.45) is 0 Å². The summed E-state index contributed by atoms with van der Waals surface area (Å²) in [4.78, 5) is 4.15. The van der Waals surface area contributed by atoms with Gasteiger partial charge in [-0.15, -0.1) is 0 Å². The highest BCUT2D eigenvalue weighted by molar-refractivity contribution is 5.19. The Morgan fingerprint density at radius 3 is 2.33 bits per heavy atom. The third-order valence-electron chi connectivity index (χ3n) is 0.873. The zero-order valence-electron chi connectivity index (χ0n) is 4.61. The monoisotopic (exact) mass is 125 g/mol. The van der Waals surface area contributed by atoms with Crippen LogP contribution < -0.4 is 10.1 Å². The molecule has 0 N–H and O–H groups in total. The van der Waals surface area contributed by atoms with Crippen LogP contribution in [0.25, 0.3) is 0 Å². The summed E-state index contributed by atoms with van der Waals surface area (Å²) in [6.45, 7) is 0. The molecule has 48 valence electrons. The largest absolute Gasteiger partial charge is 0.682 e. The fourth-order valence-corrected chi connectivity index (χ4v) is 0.515. The standard InChI is InChI=1S/C6H6O3/c7-9-8-6-4-2-1-3-5-6/h1-5,7H/p-1.